The second-order valence-corrected chi connectivity index (χ2v) is 6.18. The third-order valence-corrected chi connectivity index (χ3v) is 4.26. The van der Waals surface area contributed by atoms with Crippen LogP contribution in [-0.2, 0) is 16.0 Å². The number of aromatic nitrogens is 1. The Balaban J connectivity index is 1.70. The number of pyridine rings is 1. The van der Waals surface area contributed by atoms with E-state index in [0.717, 1.165) is 17.1 Å². The lowest BCUT2D eigenvalue weighted by Crippen LogP contribution is -2.43. The minimum atomic E-state index is -0.325. The molecule has 1 aromatic heterocycles. The highest BCUT2D eigenvalue weighted by atomic mass is 19.1. The van der Waals surface area contributed by atoms with Crippen LogP contribution in [0.5, 0.6) is 0 Å². The molecule has 0 unspecified atom stereocenters. The van der Waals surface area contributed by atoms with Crippen molar-refractivity contribution in [2.75, 3.05) is 32.1 Å². The molecule has 1 amide bonds. The smallest absolute Gasteiger partial charge is 0.227 e. The van der Waals surface area contributed by atoms with Gasteiger partial charge in [-0.3, -0.25) is 9.78 Å². The number of rotatable bonds is 4. The Morgan fingerprint density at radius 2 is 2.24 bits per heavy atom. The highest BCUT2D eigenvalue weighted by molar-refractivity contribution is 5.79. The molecule has 0 bridgehead atoms. The number of carbonyl (C=O) groups excluding carboxylic acids is 1. The van der Waals surface area contributed by atoms with Crippen molar-refractivity contribution in [1.29, 1.82) is 0 Å². The molecule has 132 valence electrons. The lowest BCUT2D eigenvalue weighted by molar-refractivity contribution is -0.138. The zero-order valence-corrected chi connectivity index (χ0v) is 14.5. The number of anilines is 1. The van der Waals surface area contributed by atoms with Crippen LogP contribution in [0.3, 0.4) is 0 Å². The number of carbonyl (C=O) groups is 1. The topological polar surface area (TPSA) is 54.5 Å². The molecule has 0 spiro atoms. The third-order valence-electron chi connectivity index (χ3n) is 4.26. The number of nitrogens with one attached hydrogen (secondary N) is 1. The van der Waals surface area contributed by atoms with Crippen LogP contribution in [0, 0.1) is 12.7 Å². The molecule has 1 atom stereocenters. The van der Waals surface area contributed by atoms with Crippen molar-refractivity contribution in [2.24, 2.45) is 0 Å². The van der Waals surface area contributed by atoms with E-state index in [1.54, 1.807) is 17.0 Å². The van der Waals surface area contributed by atoms with Gasteiger partial charge in [-0.1, -0.05) is 12.1 Å². The average molecular weight is 343 g/mol. The first-order valence-electron chi connectivity index (χ1n) is 8.35. The van der Waals surface area contributed by atoms with Gasteiger partial charge in [0.1, 0.15) is 11.9 Å². The standard InChI is InChI=1S/C19H22FN3O2/c1-13-8-16(21-2)11-17(22-13)18-12-23(6-7-25-18)19(24)10-14-4-3-5-15(20)9-14/h3-5,8-9,11,18H,6-7,10,12H2,1-2H3,(H,21,22)/t18-/m1/s1. The van der Waals surface area contributed by atoms with E-state index in [9.17, 15) is 9.18 Å². The molecule has 0 radical (unpaired) electrons. The van der Waals surface area contributed by atoms with Crippen LogP contribution in [0.25, 0.3) is 0 Å². The number of amides is 1. The molecule has 0 aliphatic carbocycles. The van der Waals surface area contributed by atoms with E-state index in [0.29, 0.717) is 25.3 Å². The van der Waals surface area contributed by atoms with Crippen molar-refractivity contribution in [3.05, 3.63) is 59.2 Å². The quantitative estimate of drug-likeness (QED) is 0.927. The summed E-state index contributed by atoms with van der Waals surface area (Å²) in [5, 5.41) is 3.11. The first kappa shape index (κ1) is 17.4. The maximum Gasteiger partial charge on any atom is 0.227 e. The Hall–Kier alpha value is -2.47. The summed E-state index contributed by atoms with van der Waals surface area (Å²) in [6.07, 6.45) is -0.0646. The van der Waals surface area contributed by atoms with Crippen LogP contribution in [-0.4, -0.2) is 42.5 Å². The molecular weight excluding hydrogens is 321 g/mol. The van der Waals surface area contributed by atoms with Gasteiger partial charge in [-0.15, -0.1) is 0 Å². The van der Waals surface area contributed by atoms with Gasteiger partial charge < -0.3 is 15.0 Å². The fourth-order valence-electron chi connectivity index (χ4n) is 2.99. The summed E-state index contributed by atoms with van der Waals surface area (Å²) in [4.78, 5) is 18.9. The maximum absolute atomic E-state index is 13.3. The molecule has 0 saturated carbocycles. The predicted octanol–water partition coefficient (Wildman–Crippen LogP) is 2.71. The lowest BCUT2D eigenvalue weighted by atomic mass is 10.1. The van der Waals surface area contributed by atoms with Gasteiger partial charge in [-0.25, -0.2) is 4.39 Å². The largest absolute Gasteiger partial charge is 0.388 e. The van der Waals surface area contributed by atoms with Crippen LogP contribution in [0.4, 0.5) is 10.1 Å². The van der Waals surface area contributed by atoms with Crippen molar-refractivity contribution >= 4 is 11.6 Å². The number of ether oxygens (including phenoxy) is 1. The second kappa shape index (κ2) is 7.61. The molecule has 25 heavy (non-hydrogen) atoms. The van der Waals surface area contributed by atoms with Gasteiger partial charge in [-0.2, -0.15) is 0 Å². The molecule has 1 aromatic carbocycles. The Bertz CT molecular complexity index is 766. The second-order valence-electron chi connectivity index (χ2n) is 6.18. The maximum atomic E-state index is 13.3. The van der Waals surface area contributed by atoms with E-state index in [1.165, 1.54) is 12.1 Å². The molecule has 1 aliphatic heterocycles. The summed E-state index contributed by atoms with van der Waals surface area (Å²) in [7, 11) is 1.86. The lowest BCUT2D eigenvalue weighted by Gasteiger charge is -2.33. The fourth-order valence-corrected chi connectivity index (χ4v) is 2.99. The van der Waals surface area contributed by atoms with E-state index < -0.39 is 0 Å². The minimum absolute atomic E-state index is 0.0274. The number of hydrogen-bond donors (Lipinski definition) is 1. The van der Waals surface area contributed by atoms with E-state index in [4.69, 9.17) is 4.74 Å². The number of nitrogens with zero attached hydrogens (tertiary/aromatic N) is 2. The monoisotopic (exact) mass is 343 g/mol. The minimum Gasteiger partial charge on any atom is -0.388 e. The predicted molar refractivity (Wildman–Crippen MR) is 93.9 cm³/mol. The van der Waals surface area contributed by atoms with Gasteiger partial charge in [0.15, 0.2) is 0 Å². The highest BCUT2D eigenvalue weighted by Gasteiger charge is 2.26. The van der Waals surface area contributed by atoms with Crippen LogP contribution < -0.4 is 5.32 Å². The first-order valence-corrected chi connectivity index (χ1v) is 8.35. The highest BCUT2D eigenvalue weighted by Crippen LogP contribution is 2.24. The van der Waals surface area contributed by atoms with E-state index >= 15 is 0 Å². The van der Waals surface area contributed by atoms with Gasteiger partial charge >= 0.3 is 0 Å². The zero-order valence-electron chi connectivity index (χ0n) is 14.5. The molecule has 1 fully saturated rings. The van der Waals surface area contributed by atoms with Gasteiger partial charge in [0, 0.05) is 25.0 Å². The summed E-state index contributed by atoms with van der Waals surface area (Å²) in [6, 6.07) is 10.1. The van der Waals surface area contributed by atoms with Crippen LogP contribution in [0.15, 0.2) is 36.4 Å². The normalized spacial score (nSPS) is 17.4. The van der Waals surface area contributed by atoms with Crippen molar-refractivity contribution in [2.45, 2.75) is 19.4 Å². The van der Waals surface area contributed by atoms with Gasteiger partial charge in [0.2, 0.25) is 5.91 Å². The van der Waals surface area contributed by atoms with Gasteiger partial charge in [0.25, 0.3) is 0 Å². The van der Waals surface area contributed by atoms with Gasteiger partial charge in [-0.05, 0) is 36.8 Å². The molecular formula is C19H22FN3O2. The number of hydrogen-bond acceptors (Lipinski definition) is 4. The third kappa shape index (κ3) is 4.33. The number of morpholine rings is 1. The molecule has 1 aliphatic rings. The zero-order chi connectivity index (χ0) is 17.8. The van der Waals surface area contributed by atoms with Gasteiger partial charge in [0.05, 0.1) is 25.3 Å². The van der Waals surface area contributed by atoms with Crippen molar-refractivity contribution in [3.8, 4) is 0 Å². The van der Waals surface area contributed by atoms with Crippen molar-refractivity contribution in [3.63, 3.8) is 0 Å². The Morgan fingerprint density at radius 3 is 3.00 bits per heavy atom. The Labute approximate surface area is 146 Å². The van der Waals surface area contributed by atoms with Crippen LogP contribution in [0.2, 0.25) is 0 Å². The molecule has 1 saturated heterocycles. The first-order chi connectivity index (χ1) is 12.0. The van der Waals surface area contributed by atoms with E-state index in [2.05, 4.69) is 10.3 Å². The Kier molecular flexibility index (Phi) is 5.28. The molecule has 3 rings (SSSR count). The summed E-state index contributed by atoms with van der Waals surface area (Å²) < 4.78 is 19.1. The molecule has 1 N–H and O–H groups in total. The molecule has 5 nitrogen and oxygen atoms in total. The SMILES string of the molecule is CNc1cc(C)nc([C@H]2CN(C(=O)Cc3cccc(F)c3)CCO2)c1. The van der Waals surface area contributed by atoms with Crippen LogP contribution >= 0.6 is 0 Å². The molecule has 2 aromatic rings. The number of halogens is 1. The van der Waals surface area contributed by atoms with E-state index in [1.807, 2.05) is 26.1 Å². The van der Waals surface area contributed by atoms with E-state index in [-0.39, 0.29) is 24.2 Å². The fraction of sp³-hybridized carbons (Fsp3) is 0.368. The van der Waals surface area contributed by atoms with Crippen molar-refractivity contribution in [1.82, 2.24) is 9.88 Å². The number of benzene rings is 1. The Morgan fingerprint density at radius 1 is 1.40 bits per heavy atom. The summed E-state index contributed by atoms with van der Waals surface area (Å²) in [6.45, 7) is 3.38. The summed E-state index contributed by atoms with van der Waals surface area (Å²) >= 11 is 0. The average Bonchev–Trinajstić information content (AvgIpc) is 2.61. The number of aryl methyl sites for hydroxylation is 1. The molecule has 2 heterocycles. The van der Waals surface area contributed by atoms with Crippen LogP contribution in [0.1, 0.15) is 23.1 Å². The summed E-state index contributed by atoms with van der Waals surface area (Å²) in [5.41, 5.74) is 3.36. The summed E-state index contributed by atoms with van der Waals surface area (Å²) in [5.74, 6) is -0.353. The van der Waals surface area contributed by atoms with Crippen molar-refractivity contribution < 1.29 is 13.9 Å². The molecule has 6 heteroatoms.